The van der Waals surface area contributed by atoms with Gasteiger partial charge in [0.1, 0.15) is 11.6 Å². The van der Waals surface area contributed by atoms with Gasteiger partial charge in [0.25, 0.3) is 0 Å². The second-order valence-electron chi connectivity index (χ2n) is 4.28. The first-order chi connectivity index (χ1) is 8.74. The highest BCUT2D eigenvalue weighted by molar-refractivity contribution is 6.31. The number of nitrogens with one attached hydrogen (secondary N) is 1. The van der Waals surface area contributed by atoms with Crippen molar-refractivity contribution in [1.29, 1.82) is 0 Å². The molecule has 18 heavy (non-hydrogen) atoms. The zero-order valence-electron chi connectivity index (χ0n) is 9.53. The lowest BCUT2D eigenvalue weighted by Gasteiger charge is -2.25. The van der Waals surface area contributed by atoms with Crippen molar-refractivity contribution in [2.75, 3.05) is 13.1 Å². The molecule has 1 aliphatic heterocycles. The fraction of sp³-hybridized carbons (Fsp3) is 0.231. The lowest BCUT2D eigenvalue weighted by Crippen LogP contribution is -2.40. The molecule has 0 atom stereocenters. The van der Waals surface area contributed by atoms with E-state index in [0.717, 1.165) is 30.2 Å². The molecule has 1 aromatic heterocycles. The van der Waals surface area contributed by atoms with Crippen LogP contribution >= 0.6 is 11.6 Å². The van der Waals surface area contributed by atoms with E-state index in [2.05, 4.69) is 15.3 Å². The Balaban J connectivity index is 1.97. The smallest absolute Gasteiger partial charge is 0.141 e. The van der Waals surface area contributed by atoms with E-state index in [9.17, 15) is 4.39 Å². The quantitative estimate of drug-likeness (QED) is 0.905. The fourth-order valence-corrected chi connectivity index (χ4v) is 2.04. The Morgan fingerprint density at radius 3 is 2.78 bits per heavy atom. The summed E-state index contributed by atoms with van der Waals surface area (Å²) in [5.41, 5.74) is 1.58. The van der Waals surface area contributed by atoms with Crippen LogP contribution < -0.4 is 5.32 Å². The molecule has 1 N–H and O–H groups in total. The van der Waals surface area contributed by atoms with Gasteiger partial charge in [-0.1, -0.05) is 11.6 Å². The van der Waals surface area contributed by atoms with Crippen molar-refractivity contribution in [3.63, 3.8) is 0 Å². The van der Waals surface area contributed by atoms with Crippen molar-refractivity contribution < 1.29 is 4.39 Å². The van der Waals surface area contributed by atoms with Crippen LogP contribution in [0.5, 0.6) is 0 Å². The molecule has 5 heteroatoms. The summed E-state index contributed by atoms with van der Waals surface area (Å²) < 4.78 is 13.1. The summed E-state index contributed by atoms with van der Waals surface area (Å²) in [5.74, 6) is 0.783. The number of rotatable bonds is 2. The normalized spacial score (nSPS) is 15.4. The van der Waals surface area contributed by atoms with Crippen molar-refractivity contribution in [2.24, 2.45) is 0 Å². The molecule has 0 unspecified atom stereocenters. The van der Waals surface area contributed by atoms with Gasteiger partial charge < -0.3 is 5.32 Å². The van der Waals surface area contributed by atoms with Gasteiger partial charge in [0, 0.05) is 30.8 Å². The monoisotopic (exact) mass is 263 g/mol. The summed E-state index contributed by atoms with van der Waals surface area (Å²) in [6, 6.07) is 6.41. The summed E-state index contributed by atoms with van der Waals surface area (Å²) in [6.07, 6.45) is 1.73. The van der Waals surface area contributed by atoms with Gasteiger partial charge >= 0.3 is 0 Å². The summed E-state index contributed by atoms with van der Waals surface area (Å²) in [5, 5.41) is 3.29. The van der Waals surface area contributed by atoms with Crippen LogP contribution in [0.15, 0.2) is 30.5 Å². The third-order valence-corrected chi connectivity index (χ3v) is 3.33. The molecular formula is C13H11ClFN3. The minimum atomic E-state index is -0.419. The number of halogens is 2. The summed E-state index contributed by atoms with van der Waals surface area (Å²) >= 11 is 5.78. The molecule has 0 amide bonds. The highest BCUT2D eigenvalue weighted by atomic mass is 35.5. The maximum atomic E-state index is 13.1. The molecule has 3 rings (SSSR count). The predicted octanol–water partition coefficient (Wildman–Crippen LogP) is 2.62. The Hall–Kier alpha value is -1.52. The van der Waals surface area contributed by atoms with E-state index in [4.69, 9.17) is 11.6 Å². The Bertz CT molecular complexity index is 584. The molecule has 1 saturated heterocycles. The fourth-order valence-electron chi connectivity index (χ4n) is 1.86. The van der Waals surface area contributed by atoms with Crippen LogP contribution in [0.3, 0.4) is 0 Å². The molecule has 1 aliphatic rings. The summed E-state index contributed by atoms with van der Waals surface area (Å²) in [6.45, 7) is 1.82. The highest BCUT2D eigenvalue weighted by Gasteiger charge is 2.21. The zero-order chi connectivity index (χ0) is 12.5. The van der Waals surface area contributed by atoms with E-state index in [-0.39, 0.29) is 5.02 Å². The molecule has 0 spiro atoms. The third kappa shape index (κ3) is 2.09. The van der Waals surface area contributed by atoms with Crippen LogP contribution in [0.4, 0.5) is 4.39 Å². The first-order valence-electron chi connectivity index (χ1n) is 5.73. The number of benzene rings is 1. The largest absolute Gasteiger partial charge is 0.315 e. The van der Waals surface area contributed by atoms with Crippen LogP contribution in [0.25, 0.3) is 11.3 Å². The molecule has 1 aromatic carbocycles. The Morgan fingerprint density at radius 2 is 2.11 bits per heavy atom. The van der Waals surface area contributed by atoms with Crippen LogP contribution in [-0.2, 0) is 0 Å². The summed E-state index contributed by atoms with van der Waals surface area (Å²) in [4.78, 5) is 8.77. The van der Waals surface area contributed by atoms with Gasteiger partial charge in [-0.05, 0) is 24.3 Å². The maximum absolute atomic E-state index is 13.1. The van der Waals surface area contributed by atoms with Gasteiger partial charge in [-0.15, -0.1) is 0 Å². The number of nitrogens with zero attached hydrogens (tertiary/aromatic N) is 2. The van der Waals surface area contributed by atoms with Crippen LogP contribution in [0, 0.1) is 5.82 Å². The van der Waals surface area contributed by atoms with E-state index in [1.54, 1.807) is 24.4 Å². The standard InChI is InChI=1S/C13H11ClFN3/c14-10-5-8(1-2-11(10)15)12-3-4-17-13(18-12)9-6-16-7-9/h1-5,9,16H,6-7H2. The minimum Gasteiger partial charge on any atom is -0.315 e. The topological polar surface area (TPSA) is 37.8 Å². The molecule has 0 saturated carbocycles. The van der Waals surface area contributed by atoms with Crippen molar-refractivity contribution in [3.05, 3.63) is 47.1 Å². The second kappa shape index (κ2) is 4.63. The molecule has 1 fully saturated rings. The van der Waals surface area contributed by atoms with E-state index in [1.165, 1.54) is 6.07 Å². The predicted molar refractivity (Wildman–Crippen MR) is 68.0 cm³/mol. The number of hydrogen-bond donors (Lipinski definition) is 1. The van der Waals surface area contributed by atoms with E-state index in [1.807, 2.05) is 0 Å². The van der Waals surface area contributed by atoms with Gasteiger partial charge in [0.15, 0.2) is 0 Å². The third-order valence-electron chi connectivity index (χ3n) is 3.04. The number of hydrogen-bond acceptors (Lipinski definition) is 3. The van der Waals surface area contributed by atoms with Crippen molar-refractivity contribution in [3.8, 4) is 11.3 Å². The van der Waals surface area contributed by atoms with Crippen molar-refractivity contribution in [2.45, 2.75) is 5.92 Å². The van der Waals surface area contributed by atoms with Gasteiger partial charge in [0.2, 0.25) is 0 Å². The Kier molecular flexibility index (Phi) is 2.97. The van der Waals surface area contributed by atoms with Crippen molar-refractivity contribution >= 4 is 11.6 Å². The maximum Gasteiger partial charge on any atom is 0.141 e. The second-order valence-corrected chi connectivity index (χ2v) is 4.69. The molecule has 0 radical (unpaired) electrons. The first-order valence-corrected chi connectivity index (χ1v) is 6.11. The lowest BCUT2D eigenvalue weighted by molar-refractivity contribution is 0.430. The Labute approximate surface area is 109 Å². The summed E-state index contributed by atoms with van der Waals surface area (Å²) in [7, 11) is 0. The van der Waals surface area contributed by atoms with Gasteiger partial charge in [-0.3, -0.25) is 0 Å². The van der Waals surface area contributed by atoms with Crippen molar-refractivity contribution in [1.82, 2.24) is 15.3 Å². The average molecular weight is 264 g/mol. The van der Waals surface area contributed by atoms with Crippen LogP contribution in [0.2, 0.25) is 5.02 Å². The molecule has 3 nitrogen and oxygen atoms in total. The number of aromatic nitrogens is 2. The molecule has 0 bridgehead atoms. The van der Waals surface area contributed by atoms with E-state index >= 15 is 0 Å². The minimum absolute atomic E-state index is 0.109. The Morgan fingerprint density at radius 1 is 1.28 bits per heavy atom. The van der Waals surface area contributed by atoms with Gasteiger partial charge in [0.05, 0.1) is 10.7 Å². The molecule has 92 valence electrons. The molecule has 2 heterocycles. The first kappa shape index (κ1) is 11.6. The van der Waals surface area contributed by atoms with Gasteiger partial charge in [-0.25, -0.2) is 14.4 Å². The van der Waals surface area contributed by atoms with Crippen LogP contribution in [-0.4, -0.2) is 23.1 Å². The molecule has 0 aliphatic carbocycles. The van der Waals surface area contributed by atoms with Crippen LogP contribution in [0.1, 0.15) is 11.7 Å². The zero-order valence-corrected chi connectivity index (χ0v) is 10.3. The lowest BCUT2D eigenvalue weighted by atomic mass is 10.0. The van der Waals surface area contributed by atoms with E-state index < -0.39 is 5.82 Å². The average Bonchev–Trinajstić information content (AvgIpc) is 2.31. The SMILES string of the molecule is Fc1ccc(-c2ccnc(C3CNC3)n2)cc1Cl. The van der Waals surface area contributed by atoms with E-state index in [0.29, 0.717) is 5.92 Å². The van der Waals surface area contributed by atoms with Gasteiger partial charge in [-0.2, -0.15) is 0 Å². The highest BCUT2D eigenvalue weighted by Crippen LogP contribution is 2.24. The molecular weight excluding hydrogens is 253 g/mol. The molecule has 2 aromatic rings.